The number of aromatic nitrogens is 1. The first-order chi connectivity index (χ1) is 14.6. The number of thiazole rings is 1. The standard InChI is InChI=1S/C21H19N3O5S/c1-12-2-4-16(29-12)15-11-30-21(22-15)23-20(26)13-8-19(25)24(10-13)14-3-5-17-18(9-14)28-7-6-27-17/h2-5,9,11,13H,6-8,10H2,1H3,(H,22,23,26)/t13-/m0/s1. The normalized spacial score (nSPS) is 18.0. The number of carbonyl (C=O) groups excluding carboxylic acids is 2. The number of benzene rings is 1. The largest absolute Gasteiger partial charge is 0.486 e. The average Bonchev–Trinajstić information content (AvgIpc) is 3.47. The van der Waals surface area contributed by atoms with Gasteiger partial charge in [-0.2, -0.15) is 0 Å². The number of ether oxygens (including phenoxy) is 2. The van der Waals surface area contributed by atoms with Crippen LogP contribution in [0.2, 0.25) is 0 Å². The van der Waals surface area contributed by atoms with E-state index in [4.69, 9.17) is 13.9 Å². The fraction of sp³-hybridized carbons (Fsp3) is 0.286. The van der Waals surface area contributed by atoms with E-state index < -0.39 is 5.92 Å². The van der Waals surface area contributed by atoms with Crippen LogP contribution in [0, 0.1) is 12.8 Å². The van der Waals surface area contributed by atoms with Crippen molar-refractivity contribution in [3.63, 3.8) is 0 Å². The molecule has 2 aliphatic heterocycles. The van der Waals surface area contributed by atoms with Crippen LogP contribution >= 0.6 is 11.3 Å². The lowest BCUT2D eigenvalue weighted by Gasteiger charge is -2.22. The Morgan fingerprint density at radius 1 is 1.20 bits per heavy atom. The number of hydrogen-bond donors (Lipinski definition) is 1. The predicted molar refractivity (Wildman–Crippen MR) is 111 cm³/mol. The molecule has 0 aliphatic carbocycles. The summed E-state index contributed by atoms with van der Waals surface area (Å²) in [5.74, 6) is 1.96. The van der Waals surface area contributed by atoms with Gasteiger partial charge in [0.25, 0.3) is 0 Å². The van der Waals surface area contributed by atoms with Gasteiger partial charge in [0.05, 0.1) is 5.92 Å². The van der Waals surface area contributed by atoms with Crippen LogP contribution in [0.3, 0.4) is 0 Å². The zero-order valence-electron chi connectivity index (χ0n) is 16.2. The second kappa shape index (κ2) is 7.49. The Hall–Kier alpha value is -3.33. The van der Waals surface area contributed by atoms with Crippen LogP contribution in [-0.2, 0) is 9.59 Å². The summed E-state index contributed by atoms with van der Waals surface area (Å²) in [6.07, 6.45) is 0.149. The van der Waals surface area contributed by atoms with E-state index in [9.17, 15) is 9.59 Å². The highest BCUT2D eigenvalue weighted by atomic mass is 32.1. The van der Waals surface area contributed by atoms with E-state index in [-0.39, 0.29) is 18.2 Å². The van der Waals surface area contributed by atoms with Gasteiger partial charge in [0.1, 0.15) is 24.7 Å². The van der Waals surface area contributed by atoms with E-state index in [0.29, 0.717) is 53.5 Å². The van der Waals surface area contributed by atoms with Crippen LogP contribution in [0.5, 0.6) is 11.5 Å². The third kappa shape index (κ3) is 3.52. The number of carbonyl (C=O) groups is 2. The molecule has 1 saturated heterocycles. The monoisotopic (exact) mass is 425 g/mol. The lowest BCUT2D eigenvalue weighted by Crippen LogP contribution is -2.28. The Labute approximate surface area is 176 Å². The van der Waals surface area contributed by atoms with Gasteiger partial charge in [0.2, 0.25) is 11.8 Å². The van der Waals surface area contributed by atoms with E-state index >= 15 is 0 Å². The average molecular weight is 425 g/mol. The summed E-state index contributed by atoms with van der Waals surface area (Å²) in [5.41, 5.74) is 1.37. The number of furan rings is 1. The van der Waals surface area contributed by atoms with Gasteiger partial charge in [-0.1, -0.05) is 0 Å². The second-order valence-electron chi connectivity index (χ2n) is 7.17. The molecule has 9 heteroatoms. The third-order valence-electron chi connectivity index (χ3n) is 5.06. The molecule has 1 aromatic carbocycles. The molecule has 0 unspecified atom stereocenters. The first-order valence-corrected chi connectivity index (χ1v) is 10.5. The maximum absolute atomic E-state index is 12.7. The fourth-order valence-electron chi connectivity index (χ4n) is 3.56. The van der Waals surface area contributed by atoms with Crippen molar-refractivity contribution in [3.8, 4) is 23.0 Å². The lowest BCUT2D eigenvalue weighted by atomic mass is 10.1. The van der Waals surface area contributed by atoms with Gasteiger partial charge in [-0.3, -0.25) is 9.59 Å². The molecule has 4 heterocycles. The number of nitrogens with zero attached hydrogens (tertiary/aromatic N) is 2. The summed E-state index contributed by atoms with van der Waals surface area (Å²) < 4.78 is 16.7. The first kappa shape index (κ1) is 18.7. The smallest absolute Gasteiger partial charge is 0.231 e. The van der Waals surface area contributed by atoms with Crippen molar-refractivity contribution >= 4 is 34.0 Å². The number of amides is 2. The molecular formula is C21H19N3O5S. The van der Waals surface area contributed by atoms with E-state index in [1.807, 2.05) is 30.5 Å². The van der Waals surface area contributed by atoms with Crippen molar-refractivity contribution in [2.45, 2.75) is 13.3 Å². The van der Waals surface area contributed by atoms with Crippen LogP contribution < -0.4 is 19.7 Å². The lowest BCUT2D eigenvalue weighted by molar-refractivity contribution is -0.122. The van der Waals surface area contributed by atoms with E-state index in [2.05, 4.69) is 10.3 Å². The number of nitrogens with one attached hydrogen (secondary N) is 1. The summed E-state index contributed by atoms with van der Waals surface area (Å²) in [5, 5.41) is 5.14. The van der Waals surface area contributed by atoms with E-state index in [1.165, 1.54) is 11.3 Å². The summed E-state index contributed by atoms with van der Waals surface area (Å²) in [6, 6.07) is 9.09. The van der Waals surface area contributed by atoms with Gasteiger partial charge in [-0.05, 0) is 31.2 Å². The molecule has 8 nitrogen and oxygen atoms in total. The number of fused-ring (bicyclic) bond motifs is 1. The first-order valence-electron chi connectivity index (χ1n) is 9.60. The molecule has 0 radical (unpaired) electrons. The molecule has 5 rings (SSSR count). The Bertz CT molecular complexity index is 1120. The van der Waals surface area contributed by atoms with Gasteiger partial charge in [0.15, 0.2) is 22.4 Å². The maximum atomic E-state index is 12.7. The molecule has 30 heavy (non-hydrogen) atoms. The molecule has 3 aromatic rings. The molecule has 2 amide bonds. The SMILES string of the molecule is Cc1ccc(-c2csc(NC(=O)[C@H]3CC(=O)N(c4ccc5c(c4)OCCO5)C3)n2)o1. The van der Waals surface area contributed by atoms with Crippen LogP contribution in [-0.4, -0.2) is 36.6 Å². The van der Waals surface area contributed by atoms with Crippen molar-refractivity contribution in [2.24, 2.45) is 5.92 Å². The number of hydrogen-bond acceptors (Lipinski definition) is 7. The summed E-state index contributed by atoms with van der Waals surface area (Å²) >= 11 is 1.32. The second-order valence-corrected chi connectivity index (χ2v) is 8.03. The Kier molecular flexibility index (Phi) is 4.66. The molecule has 2 aliphatic rings. The van der Waals surface area contributed by atoms with Crippen LogP contribution in [0.15, 0.2) is 40.1 Å². The molecule has 0 bridgehead atoms. The summed E-state index contributed by atoms with van der Waals surface area (Å²) in [4.78, 5) is 31.3. The number of aryl methyl sites for hydroxylation is 1. The van der Waals surface area contributed by atoms with Crippen LogP contribution in [0.4, 0.5) is 10.8 Å². The van der Waals surface area contributed by atoms with Gasteiger partial charge in [-0.25, -0.2) is 4.98 Å². The van der Waals surface area contributed by atoms with Gasteiger partial charge in [0, 0.05) is 30.1 Å². The molecule has 0 spiro atoms. The minimum atomic E-state index is -0.455. The van der Waals surface area contributed by atoms with E-state index in [0.717, 1.165) is 5.76 Å². The van der Waals surface area contributed by atoms with E-state index in [1.54, 1.807) is 17.0 Å². The van der Waals surface area contributed by atoms with Crippen molar-refractivity contribution in [2.75, 3.05) is 30.0 Å². The van der Waals surface area contributed by atoms with Crippen molar-refractivity contribution in [1.82, 2.24) is 4.98 Å². The van der Waals surface area contributed by atoms with Crippen LogP contribution in [0.25, 0.3) is 11.5 Å². The highest BCUT2D eigenvalue weighted by molar-refractivity contribution is 7.14. The minimum absolute atomic E-state index is 0.0993. The maximum Gasteiger partial charge on any atom is 0.231 e. The molecule has 1 N–H and O–H groups in total. The Morgan fingerprint density at radius 3 is 2.83 bits per heavy atom. The Morgan fingerprint density at radius 2 is 2.03 bits per heavy atom. The molecule has 1 fully saturated rings. The quantitative estimate of drug-likeness (QED) is 0.688. The fourth-order valence-corrected chi connectivity index (χ4v) is 4.26. The third-order valence-corrected chi connectivity index (χ3v) is 5.82. The number of anilines is 2. The van der Waals surface area contributed by atoms with Crippen molar-refractivity contribution < 1.29 is 23.5 Å². The molecule has 2 aromatic heterocycles. The van der Waals surface area contributed by atoms with Crippen molar-refractivity contribution in [3.05, 3.63) is 41.5 Å². The highest BCUT2D eigenvalue weighted by Crippen LogP contribution is 2.36. The van der Waals surface area contributed by atoms with Crippen molar-refractivity contribution in [1.29, 1.82) is 0 Å². The minimum Gasteiger partial charge on any atom is -0.486 e. The highest BCUT2D eigenvalue weighted by Gasteiger charge is 2.36. The molecule has 154 valence electrons. The number of rotatable bonds is 4. The van der Waals surface area contributed by atoms with Crippen LogP contribution in [0.1, 0.15) is 12.2 Å². The summed E-state index contributed by atoms with van der Waals surface area (Å²) in [6.45, 7) is 3.15. The predicted octanol–water partition coefficient (Wildman–Crippen LogP) is 3.47. The zero-order chi connectivity index (χ0) is 20.7. The zero-order valence-corrected chi connectivity index (χ0v) is 17.0. The van der Waals surface area contributed by atoms with Gasteiger partial charge >= 0.3 is 0 Å². The summed E-state index contributed by atoms with van der Waals surface area (Å²) in [7, 11) is 0. The topological polar surface area (TPSA) is 93.9 Å². The molecule has 0 saturated carbocycles. The Balaban J connectivity index is 1.26. The molecule has 1 atom stereocenters. The van der Waals surface area contributed by atoms with Gasteiger partial charge < -0.3 is 24.1 Å². The molecular weight excluding hydrogens is 406 g/mol. The van der Waals surface area contributed by atoms with Gasteiger partial charge in [-0.15, -0.1) is 11.3 Å².